The average molecular weight is 387 g/mol. The molecule has 1 aliphatic heterocycles. The van der Waals surface area contributed by atoms with Crippen LogP contribution in [0.2, 0.25) is 0 Å². The van der Waals surface area contributed by atoms with Crippen LogP contribution in [0.15, 0.2) is 78.9 Å². The van der Waals surface area contributed by atoms with Crippen LogP contribution in [0.4, 0.5) is 0 Å². The summed E-state index contributed by atoms with van der Waals surface area (Å²) < 4.78 is 11.8. The van der Waals surface area contributed by atoms with E-state index in [1.54, 1.807) is 0 Å². The average Bonchev–Trinajstić information content (AvgIpc) is 2.76. The molecular formula is C25H25NO3. The molecule has 1 fully saturated rings. The molecule has 1 saturated heterocycles. The minimum Gasteiger partial charge on any atom is -0.489 e. The molecular weight excluding hydrogens is 362 g/mol. The molecule has 0 bridgehead atoms. The van der Waals surface area contributed by atoms with Gasteiger partial charge in [0.25, 0.3) is 0 Å². The van der Waals surface area contributed by atoms with Gasteiger partial charge in [0.2, 0.25) is 5.91 Å². The van der Waals surface area contributed by atoms with Crippen molar-refractivity contribution in [3.8, 4) is 5.75 Å². The molecule has 3 aromatic rings. The third-order valence-corrected chi connectivity index (χ3v) is 5.17. The van der Waals surface area contributed by atoms with Crippen molar-refractivity contribution in [1.29, 1.82) is 0 Å². The van der Waals surface area contributed by atoms with E-state index in [9.17, 15) is 4.79 Å². The number of aryl methyl sites for hydroxylation is 1. The van der Waals surface area contributed by atoms with E-state index in [1.165, 1.54) is 0 Å². The number of amides is 1. The van der Waals surface area contributed by atoms with Crippen LogP contribution in [0, 0.1) is 6.92 Å². The van der Waals surface area contributed by atoms with Crippen molar-refractivity contribution < 1.29 is 14.3 Å². The standard InChI is InChI=1S/C25H25NO3/c1-19-14-22(12-13-23(19)28-17-21-10-6-3-7-11-21)24-16-26(25(27)18-29-24)15-20-8-4-2-5-9-20/h2-14,24H,15-18H2,1H3. The van der Waals surface area contributed by atoms with Gasteiger partial charge in [-0.25, -0.2) is 0 Å². The zero-order chi connectivity index (χ0) is 20.1. The van der Waals surface area contributed by atoms with Crippen molar-refractivity contribution in [2.24, 2.45) is 0 Å². The highest BCUT2D eigenvalue weighted by Gasteiger charge is 2.27. The maximum atomic E-state index is 12.3. The summed E-state index contributed by atoms with van der Waals surface area (Å²) >= 11 is 0. The summed E-state index contributed by atoms with van der Waals surface area (Å²) in [6.07, 6.45) is -0.127. The van der Waals surface area contributed by atoms with Crippen LogP contribution in [0.3, 0.4) is 0 Å². The number of hydrogen-bond acceptors (Lipinski definition) is 3. The molecule has 4 nitrogen and oxygen atoms in total. The summed E-state index contributed by atoms with van der Waals surface area (Å²) in [7, 11) is 0. The van der Waals surface area contributed by atoms with E-state index >= 15 is 0 Å². The number of nitrogens with zero attached hydrogens (tertiary/aromatic N) is 1. The van der Waals surface area contributed by atoms with Crippen LogP contribution in [0.25, 0.3) is 0 Å². The molecule has 0 N–H and O–H groups in total. The van der Waals surface area contributed by atoms with Crippen molar-refractivity contribution in [2.75, 3.05) is 13.2 Å². The topological polar surface area (TPSA) is 38.8 Å². The molecule has 148 valence electrons. The highest BCUT2D eigenvalue weighted by molar-refractivity contribution is 5.78. The normalized spacial score (nSPS) is 16.7. The largest absolute Gasteiger partial charge is 0.489 e. The minimum atomic E-state index is -0.127. The summed E-state index contributed by atoms with van der Waals surface area (Å²) in [6, 6.07) is 26.3. The molecule has 4 heteroatoms. The lowest BCUT2D eigenvalue weighted by Gasteiger charge is -2.33. The van der Waals surface area contributed by atoms with E-state index in [0.717, 1.165) is 28.0 Å². The summed E-state index contributed by atoms with van der Waals surface area (Å²) in [5.74, 6) is 0.898. The zero-order valence-corrected chi connectivity index (χ0v) is 16.6. The second kappa shape index (κ2) is 8.93. The summed E-state index contributed by atoms with van der Waals surface area (Å²) in [6.45, 7) is 3.86. The Morgan fingerprint density at radius 2 is 1.66 bits per heavy atom. The van der Waals surface area contributed by atoms with E-state index in [2.05, 4.69) is 18.2 Å². The lowest BCUT2D eigenvalue weighted by Crippen LogP contribution is -2.42. The lowest BCUT2D eigenvalue weighted by molar-refractivity contribution is -0.150. The Balaban J connectivity index is 1.42. The van der Waals surface area contributed by atoms with Gasteiger partial charge in [-0.3, -0.25) is 4.79 Å². The molecule has 1 heterocycles. The fraction of sp³-hybridized carbons (Fsp3) is 0.240. The maximum Gasteiger partial charge on any atom is 0.249 e. The third kappa shape index (κ3) is 4.84. The quantitative estimate of drug-likeness (QED) is 0.617. The summed E-state index contributed by atoms with van der Waals surface area (Å²) in [4.78, 5) is 14.2. The second-order valence-electron chi connectivity index (χ2n) is 7.36. The predicted molar refractivity (Wildman–Crippen MR) is 113 cm³/mol. The highest BCUT2D eigenvalue weighted by atomic mass is 16.5. The van der Waals surface area contributed by atoms with Crippen LogP contribution in [0.5, 0.6) is 5.75 Å². The van der Waals surface area contributed by atoms with Gasteiger partial charge in [-0.15, -0.1) is 0 Å². The fourth-order valence-corrected chi connectivity index (χ4v) is 3.55. The first-order valence-electron chi connectivity index (χ1n) is 9.89. The summed E-state index contributed by atoms with van der Waals surface area (Å²) in [5, 5.41) is 0. The molecule has 0 radical (unpaired) electrons. The van der Waals surface area contributed by atoms with Gasteiger partial charge in [-0.1, -0.05) is 66.7 Å². The van der Waals surface area contributed by atoms with E-state index < -0.39 is 0 Å². The number of morpholine rings is 1. The van der Waals surface area contributed by atoms with Gasteiger partial charge in [0, 0.05) is 6.54 Å². The number of carbonyl (C=O) groups excluding carboxylic acids is 1. The maximum absolute atomic E-state index is 12.3. The number of ether oxygens (including phenoxy) is 2. The Morgan fingerprint density at radius 3 is 2.34 bits per heavy atom. The van der Waals surface area contributed by atoms with Gasteiger partial charge in [0.15, 0.2) is 0 Å². The molecule has 0 spiro atoms. The lowest BCUT2D eigenvalue weighted by atomic mass is 10.0. The second-order valence-corrected chi connectivity index (χ2v) is 7.36. The first-order chi connectivity index (χ1) is 14.2. The number of hydrogen-bond donors (Lipinski definition) is 0. The van der Waals surface area contributed by atoms with Gasteiger partial charge < -0.3 is 14.4 Å². The van der Waals surface area contributed by atoms with Crippen molar-refractivity contribution in [1.82, 2.24) is 4.90 Å². The molecule has 0 saturated carbocycles. The number of rotatable bonds is 6. The Bertz CT molecular complexity index is 956. The molecule has 1 atom stereocenters. The first-order valence-corrected chi connectivity index (χ1v) is 9.89. The van der Waals surface area contributed by atoms with Crippen LogP contribution >= 0.6 is 0 Å². The van der Waals surface area contributed by atoms with E-state index in [4.69, 9.17) is 9.47 Å². The van der Waals surface area contributed by atoms with Gasteiger partial charge >= 0.3 is 0 Å². The molecule has 0 aromatic heterocycles. The SMILES string of the molecule is Cc1cc(C2CN(Cc3ccccc3)C(=O)CO2)ccc1OCc1ccccc1. The Hall–Kier alpha value is -3.11. The van der Waals surface area contributed by atoms with Crippen molar-refractivity contribution in [3.63, 3.8) is 0 Å². The van der Waals surface area contributed by atoms with E-state index in [-0.39, 0.29) is 18.6 Å². The van der Waals surface area contributed by atoms with Crippen molar-refractivity contribution >= 4 is 5.91 Å². The first kappa shape index (κ1) is 19.2. The van der Waals surface area contributed by atoms with Crippen molar-refractivity contribution in [3.05, 3.63) is 101 Å². The molecule has 1 amide bonds. The highest BCUT2D eigenvalue weighted by Crippen LogP contribution is 2.28. The van der Waals surface area contributed by atoms with E-state index in [0.29, 0.717) is 19.7 Å². The predicted octanol–water partition coefficient (Wildman–Crippen LogP) is 4.67. The number of benzene rings is 3. The van der Waals surface area contributed by atoms with Crippen molar-refractivity contribution in [2.45, 2.75) is 26.2 Å². The Labute approximate surface area is 171 Å². The van der Waals surface area contributed by atoms with E-state index in [1.807, 2.05) is 72.5 Å². The van der Waals surface area contributed by atoms with Crippen LogP contribution in [0.1, 0.15) is 28.4 Å². The summed E-state index contributed by atoms with van der Waals surface area (Å²) in [5.41, 5.74) is 4.40. The van der Waals surface area contributed by atoms with Gasteiger partial charge in [0.1, 0.15) is 25.1 Å². The van der Waals surface area contributed by atoms with Crippen LogP contribution in [-0.2, 0) is 22.7 Å². The molecule has 4 rings (SSSR count). The monoisotopic (exact) mass is 387 g/mol. The van der Waals surface area contributed by atoms with Gasteiger partial charge in [0.05, 0.1) is 6.54 Å². The smallest absolute Gasteiger partial charge is 0.249 e. The van der Waals surface area contributed by atoms with Crippen LogP contribution in [-0.4, -0.2) is 24.0 Å². The molecule has 0 aliphatic carbocycles. The minimum absolute atomic E-state index is 0.0321. The van der Waals surface area contributed by atoms with Gasteiger partial charge in [-0.05, 0) is 41.3 Å². The fourth-order valence-electron chi connectivity index (χ4n) is 3.55. The Morgan fingerprint density at radius 1 is 0.966 bits per heavy atom. The molecule has 3 aromatic carbocycles. The third-order valence-electron chi connectivity index (χ3n) is 5.17. The molecule has 1 aliphatic rings. The molecule has 29 heavy (non-hydrogen) atoms. The Kier molecular flexibility index (Phi) is 5.92. The van der Waals surface area contributed by atoms with Crippen LogP contribution < -0.4 is 4.74 Å². The number of carbonyl (C=O) groups is 1. The molecule has 1 unspecified atom stereocenters. The van der Waals surface area contributed by atoms with Gasteiger partial charge in [-0.2, -0.15) is 0 Å². The zero-order valence-electron chi connectivity index (χ0n) is 16.6.